The second-order valence-corrected chi connectivity index (χ2v) is 5.17. The number of amides is 2. The van der Waals surface area contributed by atoms with Gasteiger partial charge in [-0.2, -0.15) is 0 Å². The molecule has 0 atom stereocenters. The van der Waals surface area contributed by atoms with Gasteiger partial charge in [0.25, 0.3) is 10.0 Å². The molecule has 0 unspecified atom stereocenters. The van der Waals surface area contributed by atoms with Gasteiger partial charge in [-0.05, 0) is 12.1 Å². The van der Waals surface area contributed by atoms with Gasteiger partial charge in [0.15, 0.2) is 0 Å². The number of hydrogen-bond acceptors (Lipinski definition) is 4. The summed E-state index contributed by atoms with van der Waals surface area (Å²) >= 11 is 0. The minimum absolute atomic E-state index is 0.0361. The molecule has 1 aromatic carbocycles. The van der Waals surface area contributed by atoms with Crippen molar-refractivity contribution < 1.29 is 17.9 Å². The SMILES string of the molecule is COc1cccc2c1NC(=O)N(C)S2(=O)=O. The van der Waals surface area contributed by atoms with Crippen LogP contribution in [0.3, 0.4) is 0 Å². The number of fused-ring (bicyclic) bond motifs is 1. The first-order chi connectivity index (χ1) is 7.48. The number of para-hydroxylation sites is 1. The fraction of sp³-hybridized carbons (Fsp3) is 0.222. The predicted octanol–water partition coefficient (Wildman–Crippen LogP) is 0.861. The largest absolute Gasteiger partial charge is 0.495 e. The highest BCUT2D eigenvalue weighted by atomic mass is 32.2. The molecule has 0 aromatic heterocycles. The number of ether oxygens (including phenoxy) is 1. The summed E-state index contributed by atoms with van der Waals surface area (Å²) in [6.07, 6.45) is 0. The Morgan fingerprint density at radius 2 is 2.06 bits per heavy atom. The Kier molecular flexibility index (Phi) is 2.27. The Morgan fingerprint density at radius 3 is 2.69 bits per heavy atom. The number of methoxy groups -OCH3 is 1. The minimum Gasteiger partial charge on any atom is -0.495 e. The highest BCUT2D eigenvalue weighted by Crippen LogP contribution is 2.36. The number of carbonyl (C=O) groups is 1. The maximum Gasteiger partial charge on any atom is 0.335 e. The molecule has 1 aliphatic heterocycles. The van der Waals surface area contributed by atoms with Crippen LogP contribution in [0.4, 0.5) is 10.5 Å². The molecule has 0 fully saturated rings. The van der Waals surface area contributed by atoms with Crippen molar-refractivity contribution in [3.8, 4) is 5.75 Å². The molecule has 16 heavy (non-hydrogen) atoms. The number of rotatable bonds is 1. The van der Waals surface area contributed by atoms with E-state index in [0.717, 1.165) is 0 Å². The molecule has 2 amide bonds. The summed E-state index contributed by atoms with van der Waals surface area (Å²) in [5.74, 6) is 0.322. The standard InChI is InChI=1S/C9H10N2O4S/c1-11-9(12)10-8-6(15-2)4-3-5-7(8)16(11,13)14/h3-5H,1-2H3,(H,10,12). The maximum absolute atomic E-state index is 11.9. The van der Waals surface area contributed by atoms with Crippen molar-refractivity contribution in [1.82, 2.24) is 4.31 Å². The van der Waals surface area contributed by atoms with Crippen LogP contribution in [0, 0.1) is 0 Å². The minimum atomic E-state index is -3.76. The van der Waals surface area contributed by atoms with Gasteiger partial charge in [0.2, 0.25) is 0 Å². The Labute approximate surface area is 92.9 Å². The second-order valence-electron chi connectivity index (χ2n) is 3.24. The van der Waals surface area contributed by atoms with E-state index in [9.17, 15) is 13.2 Å². The van der Waals surface area contributed by atoms with Crippen LogP contribution in [-0.2, 0) is 10.0 Å². The lowest BCUT2D eigenvalue weighted by Gasteiger charge is -2.26. The lowest BCUT2D eigenvalue weighted by atomic mass is 10.3. The number of nitrogens with zero attached hydrogens (tertiary/aromatic N) is 1. The number of hydrogen-bond donors (Lipinski definition) is 1. The Hall–Kier alpha value is -1.76. The van der Waals surface area contributed by atoms with Crippen LogP contribution in [0.25, 0.3) is 0 Å². The van der Waals surface area contributed by atoms with Crippen molar-refractivity contribution in [2.75, 3.05) is 19.5 Å². The predicted molar refractivity (Wildman–Crippen MR) is 57.0 cm³/mol. The van der Waals surface area contributed by atoms with E-state index in [0.29, 0.717) is 10.1 Å². The van der Waals surface area contributed by atoms with Crippen molar-refractivity contribution in [2.24, 2.45) is 0 Å². The molecule has 0 bridgehead atoms. The number of anilines is 1. The highest BCUT2D eigenvalue weighted by molar-refractivity contribution is 7.90. The van der Waals surface area contributed by atoms with Gasteiger partial charge in [0, 0.05) is 7.05 Å². The fourth-order valence-electron chi connectivity index (χ4n) is 1.46. The summed E-state index contributed by atoms with van der Waals surface area (Å²) in [4.78, 5) is 11.5. The van der Waals surface area contributed by atoms with Gasteiger partial charge < -0.3 is 10.1 Å². The summed E-state index contributed by atoms with van der Waals surface area (Å²) in [5, 5.41) is 2.47. The van der Waals surface area contributed by atoms with E-state index in [1.54, 1.807) is 12.1 Å². The van der Waals surface area contributed by atoms with Gasteiger partial charge in [0.1, 0.15) is 16.3 Å². The van der Waals surface area contributed by atoms with Gasteiger partial charge in [0.05, 0.1) is 7.11 Å². The number of benzene rings is 1. The summed E-state index contributed by atoms with van der Waals surface area (Å²) in [7, 11) is -1.15. The quantitative estimate of drug-likeness (QED) is 0.792. The Bertz CT molecular complexity index is 553. The van der Waals surface area contributed by atoms with E-state index in [1.165, 1.54) is 20.2 Å². The number of urea groups is 1. The van der Waals surface area contributed by atoms with Crippen LogP contribution < -0.4 is 10.1 Å². The molecule has 2 rings (SSSR count). The monoisotopic (exact) mass is 242 g/mol. The molecule has 1 aromatic rings. The number of carbonyl (C=O) groups excluding carboxylic acids is 1. The third-order valence-corrected chi connectivity index (χ3v) is 4.15. The zero-order chi connectivity index (χ0) is 11.9. The van der Waals surface area contributed by atoms with Gasteiger partial charge >= 0.3 is 6.03 Å². The van der Waals surface area contributed by atoms with Crippen molar-refractivity contribution in [3.05, 3.63) is 18.2 Å². The first kappa shape index (κ1) is 10.7. The van der Waals surface area contributed by atoms with Gasteiger partial charge in [-0.15, -0.1) is 0 Å². The topological polar surface area (TPSA) is 75.7 Å². The molecule has 6 nitrogen and oxygen atoms in total. The van der Waals surface area contributed by atoms with E-state index in [1.807, 2.05) is 0 Å². The van der Waals surface area contributed by atoms with E-state index in [-0.39, 0.29) is 10.6 Å². The van der Waals surface area contributed by atoms with Crippen LogP contribution in [0.5, 0.6) is 5.75 Å². The summed E-state index contributed by atoms with van der Waals surface area (Å²) in [6.45, 7) is 0. The Balaban J connectivity index is 2.74. The van der Waals surface area contributed by atoms with E-state index >= 15 is 0 Å². The smallest absolute Gasteiger partial charge is 0.335 e. The molecular formula is C9H10N2O4S. The van der Waals surface area contributed by atoms with Crippen molar-refractivity contribution >= 4 is 21.7 Å². The Morgan fingerprint density at radius 1 is 1.38 bits per heavy atom. The molecule has 1 aliphatic rings. The molecule has 0 saturated heterocycles. The van der Waals surface area contributed by atoms with Crippen LogP contribution in [-0.4, -0.2) is 32.9 Å². The van der Waals surface area contributed by atoms with Crippen molar-refractivity contribution in [2.45, 2.75) is 4.90 Å². The third kappa shape index (κ3) is 1.32. The summed E-state index contributed by atoms with van der Waals surface area (Å²) in [5.41, 5.74) is 0.188. The van der Waals surface area contributed by atoms with Crippen LogP contribution in [0.1, 0.15) is 0 Å². The van der Waals surface area contributed by atoms with Crippen molar-refractivity contribution in [1.29, 1.82) is 0 Å². The molecular weight excluding hydrogens is 232 g/mol. The number of nitrogens with one attached hydrogen (secondary N) is 1. The molecule has 7 heteroatoms. The molecule has 1 heterocycles. The first-order valence-corrected chi connectivity index (χ1v) is 5.89. The average molecular weight is 242 g/mol. The molecule has 0 spiro atoms. The third-order valence-electron chi connectivity index (χ3n) is 2.36. The van der Waals surface area contributed by atoms with Gasteiger partial charge in [-0.1, -0.05) is 6.07 Å². The average Bonchev–Trinajstić information content (AvgIpc) is 2.26. The fourth-order valence-corrected chi connectivity index (χ4v) is 2.68. The summed E-state index contributed by atoms with van der Waals surface area (Å²) < 4.78 is 29.4. The van der Waals surface area contributed by atoms with Gasteiger partial charge in [-0.3, -0.25) is 0 Å². The van der Waals surface area contributed by atoms with Crippen LogP contribution >= 0.6 is 0 Å². The number of sulfonamides is 1. The van der Waals surface area contributed by atoms with E-state index < -0.39 is 16.1 Å². The van der Waals surface area contributed by atoms with Gasteiger partial charge in [-0.25, -0.2) is 17.5 Å². The molecule has 0 radical (unpaired) electrons. The lowest BCUT2D eigenvalue weighted by Crippen LogP contribution is -2.41. The normalized spacial score (nSPS) is 17.6. The zero-order valence-electron chi connectivity index (χ0n) is 8.72. The summed E-state index contributed by atoms with van der Waals surface area (Å²) in [6, 6.07) is 3.86. The maximum atomic E-state index is 11.9. The van der Waals surface area contributed by atoms with Crippen LogP contribution in [0.2, 0.25) is 0 Å². The molecule has 0 saturated carbocycles. The molecule has 1 N–H and O–H groups in total. The first-order valence-electron chi connectivity index (χ1n) is 4.45. The van der Waals surface area contributed by atoms with E-state index in [2.05, 4.69) is 5.32 Å². The zero-order valence-corrected chi connectivity index (χ0v) is 9.54. The second kappa shape index (κ2) is 3.38. The van der Waals surface area contributed by atoms with Crippen LogP contribution in [0.15, 0.2) is 23.1 Å². The highest BCUT2D eigenvalue weighted by Gasteiger charge is 2.35. The lowest BCUT2D eigenvalue weighted by molar-refractivity contribution is 0.239. The molecule has 0 aliphatic carbocycles. The van der Waals surface area contributed by atoms with E-state index in [4.69, 9.17) is 4.74 Å². The molecule has 86 valence electrons. The van der Waals surface area contributed by atoms with Crippen molar-refractivity contribution in [3.63, 3.8) is 0 Å².